The molecule has 1 saturated heterocycles. The standard InChI is InChI=1S/C24H23F3N6O/c1-13-14(2)30-23-19(29-13)9-21(31-22(23)15-7-17(8-15)24(25,26)27)32-5-6-34-20(12-32)16-10-28-33(11-16)18-3-4-18/h9-11,18,20H,3-7,12H2,1-2H3/t20-/m0/s1. The monoisotopic (exact) mass is 468 g/mol. The molecule has 10 heteroatoms. The van der Waals surface area contributed by atoms with Crippen LogP contribution in [0.5, 0.6) is 0 Å². The first kappa shape index (κ1) is 21.3. The van der Waals surface area contributed by atoms with E-state index >= 15 is 0 Å². The Balaban J connectivity index is 1.38. The summed E-state index contributed by atoms with van der Waals surface area (Å²) in [6, 6.07) is 2.36. The van der Waals surface area contributed by atoms with Crippen molar-refractivity contribution >= 4 is 22.4 Å². The molecule has 0 amide bonds. The molecular formula is C24H23F3N6O. The lowest BCUT2D eigenvalue weighted by Gasteiger charge is -2.34. The molecule has 0 bridgehead atoms. The largest absolute Gasteiger partial charge is 0.420 e. The van der Waals surface area contributed by atoms with Gasteiger partial charge < -0.3 is 9.64 Å². The quantitative estimate of drug-likeness (QED) is 0.521. The van der Waals surface area contributed by atoms with Crippen LogP contribution in [0.2, 0.25) is 0 Å². The van der Waals surface area contributed by atoms with E-state index < -0.39 is 11.7 Å². The van der Waals surface area contributed by atoms with Crippen molar-refractivity contribution in [2.45, 2.75) is 51.4 Å². The Kier molecular flexibility index (Phi) is 4.79. The molecule has 6 rings (SSSR count). The molecule has 4 heterocycles. The summed E-state index contributed by atoms with van der Waals surface area (Å²) >= 11 is 0. The van der Waals surface area contributed by atoms with Crippen molar-refractivity contribution in [1.82, 2.24) is 24.7 Å². The number of alkyl halides is 3. The fourth-order valence-electron chi connectivity index (χ4n) is 4.36. The van der Waals surface area contributed by atoms with Gasteiger partial charge >= 0.3 is 6.18 Å². The Morgan fingerprint density at radius 3 is 2.62 bits per heavy atom. The summed E-state index contributed by atoms with van der Waals surface area (Å²) in [5.74, 6) is 0.651. The molecule has 3 aliphatic rings. The highest BCUT2D eigenvalue weighted by Crippen LogP contribution is 2.41. The van der Waals surface area contributed by atoms with Gasteiger partial charge in [-0.2, -0.15) is 18.3 Å². The number of ether oxygens (including phenoxy) is 1. The van der Waals surface area contributed by atoms with Crippen LogP contribution in [0.25, 0.3) is 16.6 Å². The lowest BCUT2D eigenvalue weighted by Crippen LogP contribution is -2.39. The second-order valence-corrected chi connectivity index (χ2v) is 9.14. The van der Waals surface area contributed by atoms with Crippen LogP contribution >= 0.6 is 0 Å². The molecule has 1 atom stereocenters. The minimum atomic E-state index is -4.38. The van der Waals surface area contributed by atoms with Gasteiger partial charge in [-0.1, -0.05) is 0 Å². The third kappa shape index (κ3) is 3.76. The van der Waals surface area contributed by atoms with Crippen LogP contribution in [0.15, 0.2) is 29.8 Å². The van der Waals surface area contributed by atoms with Gasteiger partial charge in [-0.05, 0) is 26.7 Å². The summed E-state index contributed by atoms with van der Waals surface area (Å²) < 4.78 is 47.2. The van der Waals surface area contributed by atoms with Gasteiger partial charge in [0.1, 0.15) is 23.1 Å². The zero-order valence-electron chi connectivity index (χ0n) is 18.9. The number of allylic oxidation sites excluding steroid dienone is 1. The summed E-state index contributed by atoms with van der Waals surface area (Å²) in [6.07, 6.45) is 1.45. The van der Waals surface area contributed by atoms with Gasteiger partial charge in [0.25, 0.3) is 0 Å². The van der Waals surface area contributed by atoms with E-state index in [1.54, 1.807) is 0 Å². The summed E-state index contributed by atoms with van der Waals surface area (Å²) in [4.78, 5) is 16.1. The fourth-order valence-corrected chi connectivity index (χ4v) is 4.36. The van der Waals surface area contributed by atoms with Gasteiger partial charge in [0.05, 0.1) is 41.3 Å². The van der Waals surface area contributed by atoms with Crippen LogP contribution in [0.1, 0.15) is 54.1 Å². The molecule has 2 aliphatic carbocycles. The molecule has 3 aromatic rings. The summed E-state index contributed by atoms with van der Waals surface area (Å²) in [7, 11) is 0. The third-order valence-electron chi connectivity index (χ3n) is 6.64. The first-order chi connectivity index (χ1) is 16.3. The number of morpholine rings is 1. The Labute approximate surface area is 194 Å². The van der Waals surface area contributed by atoms with Gasteiger partial charge in [0.15, 0.2) is 0 Å². The van der Waals surface area contributed by atoms with Gasteiger partial charge in [0, 0.05) is 42.9 Å². The highest BCUT2D eigenvalue weighted by Gasteiger charge is 2.39. The van der Waals surface area contributed by atoms with Gasteiger partial charge in [-0.3, -0.25) is 4.68 Å². The van der Waals surface area contributed by atoms with Gasteiger partial charge in [-0.25, -0.2) is 15.0 Å². The van der Waals surface area contributed by atoms with E-state index in [9.17, 15) is 13.2 Å². The minimum absolute atomic E-state index is 0.160. The molecule has 176 valence electrons. The number of hydrogen-bond donors (Lipinski definition) is 0. The molecule has 1 saturated carbocycles. The number of fused-ring (bicyclic) bond motifs is 1. The summed E-state index contributed by atoms with van der Waals surface area (Å²) in [6.45, 7) is 5.39. The maximum absolute atomic E-state index is 13.1. The number of anilines is 1. The van der Waals surface area contributed by atoms with E-state index in [1.165, 1.54) is 0 Å². The molecule has 0 N–H and O–H groups in total. The third-order valence-corrected chi connectivity index (χ3v) is 6.64. The van der Waals surface area contributed by atoms with Crippen molar-refractivity contribution in [3.05, 3.63) is 52.4 Å². The number of aromatic nitrogens is 5. The molecule has 2 fully saturated rings. The molecule has 7 nitrogen and oxygen atoms in total. The molecule has 3 aromatic heterocycles. The molecular weight excluding hydrogens is 445 g/mol. The molecule has 0 radical (unpaired) electrons. The van der Waals surface area contributed by atoms with E-state index in [1.807, 2.05) is 37.0 Å². The van der Waals surface area contributed by atoms with E-state index in [0.717, 1.165) is 29.8 Å². The predicted octanol–water partition coefficient (Wildman–Crippen LogP) is 4.63. The van der Waals surface area contributed by atoms with E-state index in [0.29, 0.717) is 53.9 Å². The lowest BCUT2D eigenvalue weighted by molar-refractivity contribution is -0.0934. The Morgan fingerprint density at radius 1 is 1.12 bits per heavy atom. The maximum Gasteiger partial charge on any atom is 0.420 e. The highest BCUT2D eigenvalue weighted by atomic mass is 19.4. The number of rotatable bonds is 4. The van der Waals surface area contributed by atoms with Crippen LogP contribution < -0.4 is 4.90 Å². The second kappa shape index (κ2) is 7.65. The van der Waals surface area contributed by atoms with Crippen molar-refractivity contribution in [3.63, 3.8) is 0 Å². The lowest BCUT2D eigenvalue weighted by atomic mass is 9.93. The Bertz CT molecular complexity index is 1370. The number of hydrogen-bond acceptors (Lipinski definition) is 6. The SMILES string of the molecule is Cc1nc2cc(N3CCO[C@H](c4cnn(C5CC5)c4)C3)nc(C3=C=C(C(F)(F)F)C3)c2nc1C. The van der Waals surface area contributed by atoms with Crippen LogP contribution in [-0.4, -0.2) is 50.6 Å². The molecule has 0 aromatic carbocycles. The van der Waals surface area contributed by atoms with Crippen LogP contribution in [0.3, 0.4) is 0 Å². The van der Waals surface area contributed by atoms with Crippen molar-refractivity contribution < 1.29 is 17.9 Å². The van der Waals surface area contributed by atoms with E-state index in [4.69, 9.17) is 9.72 Å². The first-order valence-electron chi connectivity index (χ1n) is 11.4. The number of halogens is 3. The fraction of sp³-hybridized carbons (Fsp3) is 0.458. The van der Waals surface area contributed by atoms with Crippen molar-refractivity contribution in [2.24, 2.45) is 0 Å². The van der Waals surface area contributed by atoms with Gasteiger partial charge in [-0.15, -0.1) is 5.73 Å². The molecule has 34 heavy (non-hydrogen) atoms. The Morgan fingerprint density at radius 2 is 1.88 bits per heavy atom. The first-order valence-corrected chi connectivity index (χ1v) is 11.4. The smallest absolute Gasteiger partial charge is 0.370 e. The van der Waals surface area contributed by atoms with Crippen molar-refractivity contribution in [3.8, 4) is 0 Å². The van der Waals surface area contributed by atoms with Crippen LogP contribution in [0, 0.1) is 13.8 Å². The highest BCUT2D eigenvalue weighted by molar-refractivity contribution is 5.91. The van der Waals surface area contributed by atoms with Crippen molar-refractivity contribution in [2.75, 3.05) is 24.6 Å². The second-order valence-electron chi connectivity index (χ2n) is 9.14. The van der Waals surface area contributed by atoms with Crippen molar-refractivity contribution in [1.29, 1.82) is 0 Å². The predicted molar refractivity (Wildman–Crippen MR) is 119 cm³/mol. The molecule has 0 spiro atoms. The molecule has 1 aliphatic heterocycles. The normalized spacial score (nSPS) is 20.9. The van der Waals surface area contributed by atoms with Gasteiger partial charge in [0.2, 0.25) is 0 Å². The van der Waals surface area contributed by atoms with Crippen LogP contribution in [0.4, 0.5) is 19.0 Å². The van der Waals surface area contributed by atoms with Crippen LogP contribution in [-0.2, 0) is 4.74 Å². The average molecular weight is 468 g/mol. The zero-order valence-corrected chi connectivity index (χ0v) is 18.9. The minimum Gasteiger partial charge on any atom is -0.370 e. The number of nitrogens with zero attached hydrogens (tertiary/aromatic N) is 6. The molecule has 0 unspecified atom stereocenters. The maximum atomic E-state index is 13.1. The van der Waals surface area contributed by atoms with E-state index in [2.05, 4.69) is 25.7 Å². The Hall–Kier alpha value is -3.23. The van der Waals surface area contributed by atoms with E-state index in [-0.39, 0.29) is 12.5 Å². The summed E-state index contributed by atoms with van der Waals surface area (Å²) in [5, 5.41) is 4.47. The zero-order chi connectivity index (χ0) is 23.6. The number of aryl methyl sites for hydroxylation is 2. The average Bonchev–Trinajstić information content (AvgIpc) is 3.49. The summed E-state index contributed by atoms with van der Waals surface area (Å²) in [5.41, 5.74) is 6.26. The number of pyridine rings is 1. The topological polar surface area (TPSA) is 69.0 Å².